The molecule has 3 N–H and O–H groups in total. The SMILES string of the molecule is CCCC(N)C(=O)Nc1ccccc1CN1CC(C)OC(C)C1. The number of hydrogen-bond acceptors (Lipinski definition) is 4. The largest absolute Gasteiger partial charge is 0.373 e. The summed E-state index contributed by atoms with van der Waals surface area (Å²) in [6.45, 7) is 8.84. The van der Waals surface area contributed by atoms with Gasteiger partial charge in [-0.3, -0.25) is 9.69 Å². The first-order chi connectivity index (χ1) is 11.0. The van der Waals surface area contributed by atoms with Gasteiger partial charge in [-0.2, -0.15) is 0 Å². The predicted molar refractivity (Wildman–Crippen MR) is 93.2 cm³/mol. The minimum absolute atomic E-state index is 0.108. The zero-order valence-corrected chi connectivity index (χ0v) is 14.4. The smallest absolute Gasteiger partial charge is 0.241 e. The van der Waals surface area contributed by atoms with Crippen LogP contribution in [-0.4, -0.2) is 42.1 Å². The van der Waals surface area contributed by atoms with Gasteiger partial charge < -0.3 is 15.8 Å². The lowest BCUT2D eigenvalue weighted by atomic mass is 10.1. The maximum absolute atomic E-state index is 12.2. The van der Waals surface area contributed by atoms with E-state index in [2.05, 4.69) is 30.1 Å². The molecule has 3 unspecified atom stereocenters. The molecule has 128 valence electrons. The lowest BCUT2D eigenvalue weighted by Gasteiger charge is -2.35. The highest BCUT2D eigenvalue weighted by molar-refractivity contribution is 5.95. The number of benzene rings is 1. The van der Waals surface area contributed by atoms with Crippen LogP contribution in [0.4, 0.5) is 5.69 Å². The highest BCUT2D eigenvalue weighted by Gasteiger charge is 2.23. The second-order valence-corrected chi connectivity index (χ2v) is 6.49. The topological polar surface area (TPSA) is 67.6 Å². The first kappa shape index (κ1) is 17.9. The predicted octanol–water partition coefficient (Wildman–Crippen LogP) is 2.36. The maximum atomic E-state index is 12.2. The van der Waals surface area contributed by atoms with Gasteiger partial charge >= 0.3 is 0 Å². The van der Waals surface area contributed by atoms with Crippen LogP contribution < -0.4 is 11.1 Å². The number of hydrogen-bond donors (Lipinski definition) is 2. The Bertz CT molecular complexity index is 511. The van der Waals surface area contributed by atoms with Crippen LogP contribution in [0.15, 0.2) is 24.3 Å². The quantitative estimate of drug-likeness (QED) is 0.845. The van der Waals surface area contributed by atoms with Crippen molar-refractivity contribution in [3.8, 4) is 0 Å². The molecule has 1 aromatic carbocycles. The van der Waals surface area contributed by atoms with E-state index >= 15 is 0 Å². The highest BCUT2D eigenvalue weighted by Crippen LogP contribution is 2.20. The molecule has 1 aromatic rings. The van der Waals surface area contributed by atoms with Gasteiger partial charge in [0.1, 0.15) is 0 Å². The lowest BCUT2D eigenvalue weighted by molar-refractivity contribution is -0.117. The van der Waals surface area contributed by atoms with Crippen LogP contribution in [0.2, 0.25) is 0 Å². The van der Waals surface area contributed by atoms with E-state index < -0.39 is 6.04 Å². The van der Waals surface area contributed by atoms with Crippen molar-refractivity contribution in [2.75, 3.05) is 18.4 Å². The first-order valence-corrected chi connectivity index (χ1v) is 8.51. The molecule has 1 aliphatic rings. The molecule has 0 radical (unpaired) electrons. The van der Waals surface area contributed by atoms with Gasteiger partial charge in [-0.05, 0) is 31.9 Å². The van der Waals surface area contributed by atoms with Gasteiger partial charge in [0.05, 0.1) is 18.2 Å². The third kappa shape index (κ3) is 5.30. The Morgan fingerprint density at radius 3 is 2.65 bits per heavy atom. The lowest BCUT2D eigenvalue weighted by Crippen LogP contribution is -2.45. The average Bonchev–Trinajstić information content (AvgIpc) is 2.48. The molecule has 1 fully saturated rings. The van der Waals surface area contributed by atoms with Crippen molar-refractivity contribution < 1.29 is 9.53 Å². The molecule has 1 saturated heterocycles. The van der Waals surface area contributed by atoms with E-state index in [0.717, 1.165) is 37.3 Å². The van der Waals surface area contributed by atoms with Gasteiger partial charge in [0.15, 0.2) is 0 Å². The van der Waals surface area contributed by atoms with Crippen molar-refractivity contribution in [3.63, 3.8) is 0 Å². The number of nitrogens with two attached hydrogens (primary N) is 1. The van der Waals surface area contributed by atoms with Gasteiger partial charge in [0.2, 0.25) is 5.91 Å². The number of nitrogens with one attached hydrogen (secondary N) is 1. The van der Waals surface area contributed by atoms with Crippen LogP contribution in [0.1, 0.15) is 39.2 Å². The van der Waals surface area contributed by atoms with Crippen molar-refractivity contribution in [1.82, 2.24) is 4.90 Å². The Morgan fingerprint density at radius 1 is 1.35 bits per heavy atom. The van der Waals surface area contributed by atoms with Crippen molar-refractivity contribution in [2.24, 2.45) is 5.73 Å². The number of ether oxygens (including phenoxy) is 1. The second kappa shape index (κ2) is 8.43. The molecule has 0 aliphatic carbocycles. The Morgan fingerprint density at radius 2 is 2.00 bits per heavy atom. The van der Waals surface area contributed by atoms with Gasteiger partial charge in [0, 0.05) is 25.3 Å². The molecule has 0 aromatic heterocycles. The van der Waals surface area contributed by atoms with E-state index in [9.17, 15) is 4.79 Å². The fourth-order valence-corrected chi connectivity index (χ4v) is 3.10. The first-order valence-electron chi connectivity index (χ1n) is 8.51. The summed E-state index contributed by atoms with van der Waals surface area (Å²) in [6.07, 6.45) is 2.07. The van der Waals surface area contributed by atoms with E-state index in [1.807, 2.05) is 25.1 Å². The van der Waals surface area contributed by atoms with Gasteiger partial charge in [0.25, 0.3) is 0 Å². The third-order valence-corrected chi connectivity index (χ3v) is 4.10. The number of carbonyl (C=O) groups is 1. The number of nitrogens with zero attached hydrogens (tertiary/aromatic N) is 1. The summed E-state index contributed by atoms with van der Waals surface area (Å²) in [6, 6.07) is 7.50. The second-order valence-electron chi connectivity index (χ2n) is 6.49. The molecule has 5 heteroatoms. The van der Waals surface area contributed by atoms with E-state index in [1.54, 1.807) is 0 Å². The van der Waals surface area contributed by atoms with Gasteiger partial charge in [-0.1, -0.05) is 31.5 Å². The van der Waals surface area contributed by atoms with Crippen LogP contribution >= 0.6 is 0 Å². The Hall–Kier alpha value is -1.43. The summed E-state index contributed by atoms with van der Waals surface area (Å²) in [5, 5.41) is 2.99. The van der Waals surface area contributed by atoms with Gasteiger partial charge in [-0.15, -0.1) is 0 Å². The number of amides is 1. The summed E-state index contributed by atoms with van der Waals surface area (Å²) < 4.78 is 5.78. The van der Waals surface area contributed by atoms with Crippen LogP contribution in [-0.2, 0) is 16.1 Å². The van der Waals surface area contributed by atoms with E-state index in [4.69, 9.17) is 10.5 Å². The van der Waals surface area contributed by atoms with Crippen LogP contribution in [0.25, 0.3) is 0 Å². The number of carbonyl (C=O) groups excluding carboxylic acids is 1. The fraction of sp³-hybridized carbons (Fsp3) is 0.611. The molecule has 0 bridgehead atoms. The minimum Gasteiger partial charge on any atom is -0.373 e. The summed E-state index contributed by atoms with van der Waals surface area (Å²) in [5.41, 5.74) is 7.88. The molecule has 1 heterocycles. The van der Waals surface area contributed by atoms with Crippen molar-refractivity contribution in [3.05, 3.63) is 29.8 Å². The van der Waals surface area contributed by atoms with Crippen molar-refractivity contribution in [1.29, 1.82) is 0 Å². The molecule has 0 saturated carbocycles. The Kier molecular flexibility index (Phi) is 6.57. The number of para-hydroxylation sites is 1. The molecule has 23 heavy (non-hydrogen) atoms. The number of rotatable bonds is 6. The highest BCUT2D eigenvalue weighted by atomic mass is 16.5. The molecule has 2 rings (SSSR count). The van der Waals surface area contributed by atoms with Crippen LogP contribution in [0.3, 0.4) is 0 Å². The average molecular weight is 319 g/mol. The van der Waals surface area contributed by atoms with Crippen molar-refractivity contribution >= 4 is 11.6 Å². The Labute approximate surface area is 139 Å². The van der Waals surface area contributed by atoms with E-state index in [-0.39, 0.29) is 18.1 Å². The third-order valence-electron chi connectivity index (χ3n) is 4.10. The monoisotopic (exact) mass is 319 g/mol. The zero-order chi connectivity index (χ0) is 16.8. The van der Waals surface area contributed by atoms with E-state index in [1.165, 1.54) is 0 Å². The molecule has 5 nitrogen and oxygen atoms in total. The molecular formula is C18H29N3O2. The summed E-state index contributed by atoms with van der Waals surface area (Å²) in [4.78, 5) is 14.6. The normalized spacial score (nSPS) is 23.5. The zero-order valence-electron chi connectivity index (χ0n) is 14.4. The minimum atomic E-state index is -0.448. The molecular weight excluding hydrogens is 290 g/mol. The fourth-order valence-electron chi connectivity index (χ4n) is 3.10. The molecule has 3 atom stereocenters. The Balaban J connectivity index is 2.04. The summed E-state index contributed by atoms with van der Waals surface area (Å²) >= 11 is 0. The number of morpholine rings is 1. The summed E-state index contributed by atoms with van der Waals surface area (Å²) in [7, 11) is 0. The number of anilines is 1. The molecule has 1 amide bonds. The van der Waals surface area contributed by atoms with E-state index in [0.29, 0.717) is 6.42 Å². The van der Waals surface area contributed by atoms with Crippen molar-refractivity contribution in [2.45, 2.75) is 58.4 Å². The molecule has 1 aliphatic heterocycles. The van der Waals surface area contributed by atoms with Crippen LogP contribution in [0, 0.1) is 0 Å². The molecule has 0 spiro atoms. The summed E-state index contributed by atoms with van der Waals surface area (Å²) in [5.74, 6) is -0.108. The van der Waals surface area contributed by atoms with Gasteiger partial charge in [-0.25, -0.2) is 0 Å². The standard InChI is InChI=1S/C18H29N3O2/c1-4-7-16(19)18(22)20-17-9-6-5-8-15(17)12-21-10-13(2)23-14(3)11-21/h5-6,8-9,13-14,16H,4,7,10-12,19H2,1-3H3,(H,20,22). The van der Waals surface area contributed by atoms with Crippen LogP contribution in [0.5, 0.6) is 0 Å². The maximum Gasteiger partial charge on any atom is 0.241 e.